The van der Waals surface area contributed by atoms with Gasteiger partial charge in [0.15, 0.2) is 0 Å². The average Bonchev–Trinajstić information content (AvgIpc) is 2.92. The second-order valence-electron chi connectivity index (χ2n) is 10.2. The number of aliphatic hydroxyl groups is 1. The Morgan fingerprint density at radius 3 is 2.49 bits per heavy atom. The zero-order valence-corrected chi connectivity index (χ0v) is 21.9. The lowest BCUT2D eigenvalue weighted by atomic mass is 9.73. The summed E-state index contributed by atoms with van der Waals surface area (Å²) in [5.74, 6) is -3.02. The number of pyridine rings is 1. The van der Waals surface area contributed by atoms with Gasteiger partial charge in [0.25, 0.3) is 0 Å². The van der Waals surface area contributed by atoms with Crippen molar-refractivity contribution in [3.63, 3.8) is 0 Å². The lowest BCUT2D eigenvalue weighted by Gasteiger charge is -2.39. The van der Waals surface area contributed by atoms with E-state index < -0.39 is 34.9 Å². The molecule has 0 spiro atoms. The van der Waals surface area contributed by atoms with Crippen LogP contribution in [0.4, 0.5) is 13.2 Å². The number of hydrogen-bond donors (Lipinski definition) is 3. The van der Waals surface area contributed by atoms with Gasteiger partial charge in [-0.15, -0.1) is 0 Å². The maximum Gasteiger partial charge on any atom is 0.309 e. The summed E-state index contributed by atoms with van der Waals surface area (Å²) >= 11 is 0. The van der Waals surface area contributed by atoms with E-state index in [-0.39, 0.29) is 31.4 Å². The van der Waals surface area contributed by atoms with Crippen molar-refractivity contribution >= 4 is 16.9 Å². The number of methoxy groups -OCH3 is 1. The van der Waals surface area contributed by atoms with Crippen LogP contribution in [0.3, 0.4) is 0 Å². The van der Waals surface area contributed by atoms with Gasteiger partial charge >= 0.3 is 5.97 Å². The van der Waals surface area contributed by atoms with Crippen molar-refractivity contribution in [2.45, 2.75) is 51.2 Å². The third-order valence-electron chi connectivity index (χ3n) is 7.92. The SMILES string of the molecule is COc1ccc2ncc(CN)c(C(O)CCC3(C(=O)O)CCN(CCCc4c(F)cc(F)cc4F)CC3)c2c1. The summed E-state index contributed by atoms with van der Waals surface area (Å²) in [6.45, 7) is 1.75. The van der Waals surface area contributed by atoms with Crippen LogP contribution >= 0.6 is 0 Å². The number of rotatable bonds is 11. The molecule has 1 unspecified atom stereocenters. The molecule has 1 aliphatic rings. The summed E-state index contributed by atoms with van der Waals surface area (Å²) in [5.41, 5.74) is 6.82. The zero-order chi connectivity index (χ0) is 28.2. The monoisotopic (exact) mass is 545 g/mol. The third-order valence-corrected chi connectivity index (χ3v) is 7.92. The van der Waals surface area contributed by atoms with Crippen molar-refractivity contribution in [2.75, 3.05) is 26.7 Å². The molecule has 1 aliphatic heterocycles. The number of aliphatic carboxylic acids is 1. The largest absolute Gasteiger partial charge is 0.497 e. The van der Waals surface area contributed by atoms with Gasteiger partial charge in [-0.05, 0) is 87.5 Å². The number of aliphatic hydroxyl groups excluding tert-OH is 1. The summed E-state index contributed by atoms with van der Waals surface area (Å²) in [4.78, 5) is 18.9. The van der Waals surface area contributed by atoms with Crippen LogP contribution in [0.2, 0.25) is 0 Å². The molecule has 0 bridgehead atoms. The number of ether oxygens (including phenoxy) is 1. The van der Waals surface area contributed by atoms with E-state index in [0.717, 1.165) is 5.39 Å². The lowest BCUT2D eigenvalue weighted by Crippen LogP contribution is -2.44. The molecule has 0 saturated carbocycles. The van der Waals surface area contributed by atoms with E-state index in [1.165, 1.54) is 0 Å². The smallest absolute Gasteiger partial charge is 0.309 e. The van der Waals surface area contributed by atoms with Crippen LogP contribution in [0.25, 0.3) is 10.9 Å². The number of nitrogens with zero attached hydrogens (tertiary/aromatic N) is 2. The van der Waals surface area contributed by atoms with Crippen molar-refractivity contribution in [3.8, 4) is 5.75 Å². The van der Waals surface area contributed by atoms with Gasteiger partial charge < -0.3 is 25.6 Å². The van der Waals surface area contributed by atoms with Crippen LogP contribution in [0, 0.1) is 22.9 Å². The van der Waals surface area contributed by atoms with Gasteiger partial charge in [0.1, 0.15) is 23.2 Å². The van der Waals surface area contributed by atoms with Crippen molar-refractivity contribution in [1.29, 1.82) is 0 Å². The molecule has 1 fully saturated rings. The highest BCUT2D eigenvalue weighted by Crippen LogP contribution is 2.40. The van der Waals surface area contributed by atoms with Gasteiger partial charge in [0.2, 0.25) is 0 Å². The average molecular weight is 546 g/mol. The molecule has 2 heterocycles. The maximum absolute atomic E-state index is 13.9. The number of benzene rings is 2. The molecular formula is C29H34F3N3O4. The normalized spacial score (nSPS) is 16.4. The zero-order valence-electron chi connectivity index (χ0n) is 21.9. The first-order chi connectivity index (χ1) is 18.7. The molecule has 1 atom stereocenters. The lowest BCUT2D eigenvalue weighted by molar-refractivity contribution is -0.153. The number of hydrogen-bond acceptors (Lipinski definition) is 6. The van der Waals surface area contributed by atoms with E-state index in [0.29, 0.717) is 73.4 Å². The Balaban J connectivity index is 1.39. The van der Waals surface area contributed by atoms with E-state index in [2.05, 4.69) is 9.88 Å². The number of piperidine rings is 1. The van der Waals surface area contributed by atoms with Gasteiger partial charge in [0.05, 0.1) is 24.1 Å². The molecule has 1 saturated heterocycles. The molecule has 7 nitrogen and oxygen atoms in total. The van der Waals surface area contributed by atoms with Crippen molar-refractivity contribution in [3.05, 3.63) is 70.7 Å². The Kier molecular flexibility index (Phi) is 9.09. The molecule has 210 valence electrons. The molecule has 3 aromatic rings. The minimum Gasteiger partial charge on any atom is -0.497 e. The number of carboxylic acid groups (broad SMARTS) is 1. The Morgan fingerprint density at radius 1 is 1.18 bits per heavy atom. The van der Waals surface area contributed by atoms with Gasteiger partial charge in [-0.3, -0.25) is 9.78 Å². The Bertz CT molecular complexity index is 1300. The van der Waals surface area contributed by atoms with E-state index in [1.54, 1.807) is 31.5 Å². The molecule has 1 aromatic heterocycles. The summed E-state index contributed by atoms with van der Waals surface area (Å²) in [7, 11) is 1.56. The highest BCUT2D eigenvalue weighted by atomic mass is 19.1. The number of fused-ring (bicyclic) bond motifs is 1. The fourth-order valence-corrected chi connectivity index (χ4v) is 5.54. The minimum atomic E-state index is -0.990. The van der Waals surface area contributed by atoms with Crippen LogP contribution in [0.1, 0.15) is 54.9 Å². The quantitative estimate of drug-likeness (QED) is 0.320. The topological polar surface area (TPSA) is 109 Å². The number of carboxylic acids is 1. The molecule has 4 N–H and O–H groups in total. The van der Waals surface area contributed by atoms with Crippen molar-refractivity contribution in [1.82, 2.24) is 9.88 Å². The van der Waals surface area contributed by atoms with Gasteiger partial charge in [0, 0.05) is 35.8 Å². The van der Waals surface area contributed by atoms with Gasteiger partial charge in [-0.1, -0.05) is 0 Å². The molecule has 0 amide bonds. The Labute approximate surface area is 225 Å². The maximum atomic E-state index is 13.9. The first kappa shape index (κ1) is 28.8. The van der Waals surface area contributed by atoms with Crippen molar-refractivity contribution < 1.29 is 32.9 Å². The number of carbonyl (C=O) groups is 1. The molecule has 4 rings (SSSR count). The van der Waals surface area contributed by atoms with E-state index in [4.69, 9.17) is 10.5 Å². The van der Waals surface area contributed by atoms with E-state index in [9.17, 15) is 28.2 Å². The van der Waals surface area contributed by atoms with Crippen LogP contribution in [-0.4, -0.2) is 52.8 Å². The number of halogens is 3. The first-order valence-corrected chi connectivity index (χ1v) is 13.1. The van der Waals surface area contributed by atoms with Crippen LogP contribution < -0.4 is 10.5 Å². The van der Waals surface area contributed by atoms with E-state index in [1.807, 2.05) is 0 Å². The highest BCUT2D eigenvalue weighted by Gasteiger charge is 2.41. The van der Waals surface area contributed by atoms with Crippen LogP contribution in [-0.2, 0) is 17.8 Å². The Hall–Kier alpha value is -3.21. The van der Waals surface area contributed by atoms with Gasteiger partial charge in [-0.2, -0.15) is 0 Å². The molecule has 39 heavy (non-hydrogen) atoms. The highest BCUT2D eigenvalue weighted by molar-refractivity contribution is 5.85. The van der Waals surface area contributed by atoms with Crippen LogP contribution in [0.5, 0.6) is 5.75 Å². The molecule has 10 heteroatoms. The number of aromatic nitrogens is 1. The third kappa shape index (κ3) is 6.34. The summed E-state index contributed by atoms with van der Waals surface area (Å²) in [6, 6.07) is 6.74. The fourth-order valence-electron chi connectivity index (χ4n) is 5.54. The summed E-state index contributed by atoms with van der Waals surface area (Å²) in [6.07, 6.45) is 2.59. The van der Waals surface area contributed by atoms with Crippen LogP contribution in [0.15, 0.2) is 36.5 Å². The second kappa shape index (κ2) is 12.3. The van der Waals surface area contributed by atoms with Gasteiger partial charge in [-0.25, -0.2) is 13.2 Å². The second-order valence-corrected chi connectivity index (χ2v) is 10.2. The summed E-state index contributed by atoms with van der Waals surface area (Å²) < 4.78 is 46.3. The fraction of sp³-hybridized carbons (Fsp3) is 0.448. The van der Waals surface area contributed by atoms with E-state index >= 15 is 0 Å². The Morgan fingerprint density at radius 2 is 1.87 bits per heavy atom. The predicted molar refractivity (Wildman–Crippen MR) is 141 cm³/mol. The minimum absolute atomic E-state index is 0.124. The molecular weight excluding hydrogens is 511 g/mol. The van der Waals surface area contributed by atoms with Crippen molar-refractivity contribution in [2.24, 2.45) is 11.1 Å². The molecule has 2 aromatic carbocycles. The number of likely N-dealkylation sites (tertiary alicyclic amines) is 1. The summed E-state index contributed by atoms with van der Waals surface area (Å²) in [5, 5.41) is 22.1. The number of nitrogens with two attached hydrogens (primary N) is 1. The first-order valence-electron chi connectivity index (χ1n) is 13.1. The standard InChI is InChI=1S/C29H34F3N3O4/c1-39-20-4-5-25-22(15-20)27(18(16-33)17-34-25)26(36)6-7-29(28(37)38)8-11-35(12-9-29)10-2-3-21-23(31)13-19(30)14-24(21)32/h4-5,13-15,17,26,36H,2-3,6-12,16,33H2,1H3,(H,37,38). The molecule has 0 radical (unpaired) electrons. The predicted octanol–water partition coefficient (Wildman–Crippen LogP) is 4.73. The molecule has 0 aliphatic carbocycles.